The van der Waals surface area contributed by atoms with Gasteiger partial charge < -0.3 is 10.1 Å². The van der Waals surface area contributed by atoms with E-state index in [0.717, 1.165) is 25.7 Å². The summed E-state index contributed by atoms with van der Waals surface area (Å²) in [6.07, 6.45) is 6.71. The first-order chi connectivity index (χ1) is 9.61. The average Bonchev–Trinajstić information content (AvgIpc) is 3.13. The van der Waals surface area contributed by atoms with Crippen LogP contribution in [0.4, 0.5) is 0 Å². The molecule has 0 bridgehead atoms. The molecule has 114 valence electrons. The van der Waals surface area contributed by atoms with Gasteiger partial charge in [0, 0.05) is 12.1 Å². The molecule has 0 saturated heterocycles. The van der Waals surface area contributed by atoms with E-state index >= 15 is 0 Å². The summed E-state index contributed by atoms with van der Waals surface area (Å²) in [5.74, 6) is -0.187. The number of carbonyl (C=O) groups excluding carboxylic acids is 2. The standard InChI is InChI=1S/C15H26N2O3/c1-3-20-14(18)10-17(13-8-9-13)11(2)15(19)16-12-6-4-5-7-12/h11-13H,3-10H2,1-2H3,(H,16,19). The summed E-state index contributed by atoms with van der Waals surface area (Å²) in [5.41, 5.74) is 0. The van der Waals surface area contributed by atoms with Gasteiger partial charge in [0.2, 0.25) is 5.91 Å². The van der Waals surface area contributed by atoms with E-state index < -0.39 is 0 Å². The van der Waals surface area contributed by atoms with Gasteiger partial charge in [-0.1, -0.05) is 12.8 Å². The molecular weight excluding hydrogens is 256 g/mol. The van der Waals surface area contributed by atoms with Crippen molar-refractivity contribution in [1.29, 1.82) is 0 Å². The highest BCUT2D eigenvalue weighted by atomic mass is 16.5. The van der Waals surface area contributed by atoms with Gasteiger partial charge in [0.1, 0.15) is 0 Å². The summed E-state index contributed by atoms with van der Waals surface area (Å²) in [6.45, 7) is 4.30. The maximum atomic E-state index is 12.3. The molecule has 2 fully saturated rings. The Morgan fingerprint density at radius 2 is 1.90 bits per heavy atom. The molecule has 20 heavy (non-hydrogen) atoms. The summed E-state index contributed by atoms with van der Waals surface area (Å²) in [6, 6.07) is 0.435. The van der Waals surface area contributed by atoms with E-state index in [4.69, 9.17) is 4.74 Å². The van der Waals surface area contributed by atoms with Crippen molar-refractivity contribution < 1.29 is 14.3 Å². The Kier molecular flexibility index (Phi) is 5.40. The van der Waals surface area contributed by atoms with Crippen molar-refractivity contribution in [3.05, 3.63) is 0 Å². The molecule has 2 rings (SSSR count). The molecule has 0 aromatic carbocycles. The molecule has 2 saturated carbocycles. The molecule has 2 aliphatic rings. The van der Waals surface area contributed by atoms with Gasteiger partial charge in [-0.2, -0.15) is 0 Å². The molecule has 0 radical (unpaired) electrons. The van der Waals surface area contributed by atoms with Gasteiger partial charge in [0.25, 0.3) is 0 Å². The maximum Gasteiger partial charge on any atom is 0.320 e. The molecular formula is C15H26N2O3. The summed E-state index contributed by atoms with van der Waals surface area (Å²) in [7, 11) is 0. The zero-order valence-corrected chi connectivity index (χ0v) is 12.6. The van der Waals surface area contributed by atoms with Crippen LogP contribution < -0.4 is 5.32 Å². The molecule has 1 unspecified atom stereocenters. The van der Waals surface area contributed by atoms with Gasteiger partial charge in [-0.3, -0.25) is 14.5 Å². The zero-order chi connectivity index (χ0) is 14.5. The molecule has 0 aromatic heterocycles. The molecule has 0 aromatic rings. The van der Waals surface area contributed by atoms with E-state index in [2.05, 4.69) is 5.32 Å². The normalized spacial score (nSPS) is 20.9. The van der Waals surface area contributed by atoms with Crippen molar-refractivity contribution in [3.63, 3.8) is 0 Å². The number of rotatable bonds is 7. The highest BCUT2D eigenvalue weighted by molar-refractivity contribution is 5.82. The van der Waals surface area contributed by atoms with E-state index in [-0.39, 0.29) is 24.5 Å². The van der Waals surface area contributed by atoms with Crippen molar-refractivity contribution in [2.45, 2.75) is 70.5 Å². The zero-order valence-electron chi connectivity index (χ0n) is 12.6. The fourth-order valence-corrected chi connectivity index (χ4v) is 2.89. The highest BCUT2D eigenvalue weighted by Gasteiger charge is 2.37. The Labute approximate surface area is 121 Å². The molecule has 0 spiro atoms. The topological polar surface area (TPSA) is 58.6 Å². The summed E-state index contributed by atoms with van der Waals surface area (Å²) >= 11 is 0. The lowest BCUT2D eigenvalue weighted by Crippen LogP contribution is -2.50. The minimum atomic E-state index is -0.257. The third-order valence-electron chi connectivity index (χ3n) is 4.21. The molecule has 5 nitrogen and oxygen atoms in total. The van der Waals surface area contributed by atoms with Gasteiger partial charge in [-0.25, -0.2) is 0 Å². The number of carbonyl (C=O) groups is 2. The van der Waals surface area contributed by atoms with Crippen LogP contribution in [0.2, 0.25) is 0 Å². The lowest BCUT2D eigenvalue weighted by atomic mass is 10.2. The van der Waals surface area contributed by atoms with Crippen LogP contribution in [-0.4, -0.2) is 48.1 Å². The lowest BCUT2D eigenvalue weighted by molar-refractivity contribution is -0.145. The molecule has 0 heterocycles. The SMILES string of the molecule is CCOC(=O)CN(C1CC1)C(C)C(=O)NC1CCCC1. The van der Waals surface area contributed by atoms with Gasteiger partial charge in [0.05, 0.1) is 19.2 Å². The van der Waals surface area contributed by atoms with Gasteiger partial charge >= 0.3 is 5.97 Å². The molecule has 0 aliphatic heterocycles. The van der Waals surface area contributed by atoms with E-state index in [1.807, 2.05) is 11.8 Å². The van der Waals surface area contributed by atoms with E-state index in [9.17, 15) is 9.59 Å². The lowest BCUT2D eigenvalue weighted by Gasteiger charge is -2.28. The fourth-order valence-electron chi connectivity index (χ4n) is 2.89. The van der Waals surface area contributed by atoms with Gasteiger partial charge in [-0.15, -0.1) is 0 Å². The predicted molar refractivity (Wildman–Crippen MR) is 76.2 cm³/mol. The molecule has 2 aliphatic carbocycles. The highest BCUT2D eigenvalue weighted by Crippen LogP contribution is 2.28. The van der Waals surface area contributed by atoms with Crippen LogP contribution in [0.15, 0.2) is 0 Å². The van der Waals surface area contributed by atoms with Gasteiger partial charge in [0.15, 0.2) is 0 Å². The van der Waals surface area contributed by atoms with Crippen molar-refractivity contribution in [2.75, 3.05) is 13.2 Å². The van der Waals surface area contributed by atoms with Crippen LogP contribution in [-0.2, 0) is 14.3 Å². The number of amides is 1. The number of nitrogens with one attached hydrogen (secondary N) is 1. The number of hydrogen-bond donors (Lipinski definition) is 1. The first kappa shape index (κ1) is 15.3. The van der Waals surface area contributed by atoms with Crippen LogP contribution >= 0.6 is 0 Å². The molecule has 1 amide bonds. The monoisotopic (exact) mass is 282 g/mol. The van der Waals surface area contributed by atoms with Gasteiger partial charge in [-0.05, 0) is 39.5 Å². The minimum absolute atomic E-state index is 0.0492. The second kappa shape index (κ2) is 7.07. The first-order valence-corrected chi connectivity index (χ1v) is 7.83. The Balaban J connectivity index is 1.86. The Morgan fingerprint density at radius 1 is 1.25 bits per heavy atom. The van der Waals surface area contributed by atoms with E-state index in [0.29, 0.717) is 18.7 Å². The van der Waals surface area contributed by atoms with E-state index in [1.54, 1.807) is 6.92 Å². The molecule has 1 N–H and O–H groups in total. The van der Waals surface area contributed by atoms with Crippen LogP contribution in [0.25, 0.3) is 0 Å². The number of hydrogen-bond acceptors (Lipinski definition) is 4. The van der Waals surface area contributed by atoms with Crippen molar-refractivity contribution in [3.8, 4) is 0 Å². The van der Waals surface area contributed by atoms with Crippen molar-refractivity contribution in [2.24, 2.45) is 0 Å². The van der Waals surface area contributed by atoms with Crippen LogP contribution in [0.5, 0.6) is 0 Å². The predicted octanol–water partition coefficient (Wildman–Crippen LogP) is 1.46. The Morgan fingerprint density at radius 3 is 2.45 bits per heavy atom. The van der Waals surface area contributed by atoms with Crippen LogP contribution in [0.1, 0.15) is 52.4 Å². The largest absolute Gasteiger partial charge is 0.465 e. The van der Waals surface area contributed by atoms with Crippen molar-refractivity contribution in [1.82, 2.24) is 10.2 Å². The second-order valence-corrected chi connectivity index (χ2v) is 5.87. The Bertz CT molecular complexity index is 349. The second-order valence-electron chi connectivity index (χ2n) is 5.87. The Hall–Kier alpha value is -1.10. The summed E-state index contributed by atoms with van der Waals surface area (Å²) < 4.78 is 5.00. The maximum absolute atomic E-state index is 12.3. The van der Waals surface area contributed by atoms with Crippen LogP contribution in [0.3, 0.4) is 0 Å². The summed E-state index contributed by atoms with van der Waals surface area (Å²) in [4.78, 5) is 26.0. The molecule has 1 atom stereocenters. The quantitative estimate of drug-likeness (QED) is 0.718. The molecule has 5 heteroatoms. The van der Waals surface area contributed by atoms with E-state index in [1.165, 1.54) is 12.8 Å². The smallest absolute Gasteiger partial charge is 0.320 e. The van der Waals surface area contributed by atoms with Crippen LogP contribution in [0, 0.1) is 0 Å². The third kappa shape index (κ3) is 4.20. The fraction of sp³-hybridized carbons (Fsp3) is 0.867. The number of ether oxygens (including phenoxy) is 1. The van der Waals surface area contributed by atoms with Crippen molar-refractivity contribution >= 4 is 11.9 Å². The summed E-state index contributed by atoms with van der Waals surface area (Å²) in [5, 5.41) is 3.11. The average molecular weight is 282 g/mol. The number of esters is 1. The minimum Gasteiger partial charge on any atom is -0.465 e. The first-order valence-electron chi connectivity index (χ1n) is 7.83. The third-order valence-corrected chi connectivity index (χ3v) is 4.21. The number of nitrogens with zero attached hydrogens (tertiary/aromatic N) is 1.